The van der Waals surface area contributed by atoms with Gasteiger partial charge in [-0.25, -0.2) is 4.39 Å². The number of hydrogen-bond acceptors (Lipinski definition) is 5. The third-order valence-corrected chi connectivity index (χ3v) is 9.23. The van der Waals surface area contributed by atoms with Gasteiger partial charge in [-0.3, -0.25) is 24.2 Å². The molecule has 9 nitrogen and oxygen atoms in total. The van der Waals surface area contributed by atoms with Gasteiger partial charge in [-0.15, -0.1) is 0 Å². The Hall–Kier alpha value is -4.05. The fraction of sp³-hybridized carbons (Fsp3) is 0.419. The lowest BCUT2D eigenvalue weighted by atomic mass is 9.60. The second kappa shape index (κ2) is 9.80. The molecule has 41 heavy (non-hydrogen) atoms. The number of carbonyl (C=O) groups is 1. The average Bonchev–Trinajstić information content (AvgIpc) is 3.70. The van der Waals surface area contributed by atoms with E-state index in [-0.39, 0.29) is 11.3 Å². The van der Waals surface area contributed by atoms with Crippen LogP contribution in [0.1, 0.15) is 36.6 Å². The Morgan fingerprint density at radius 1 is 1.24 bits per heavy atom. The van der Waals surface area contributed by atoms with Crippen LogP contribution in [-0.4, -0.2) is 84.4 Å². The maximum atomic E-state index is 13.6. The number of aromatic nitrogens is 6. The van der Waals surface area contributed by atoms with Gasteiger partial charge in [0.2, 0.25) is 5.91 Å². The summed E-state index contributed by atoms with van der Waals surface area (Å²) in [5.41, 5.74) is 5.36. The van der Waals surface area contributed by atoms with Crippen molar-refractivity contribution in [2.45, 2.75) is 44.9 Å². The maximum Gasteiger partial charge on any atom is 0.245 e. The van der Waals surface area contributed by atoms with Crippen LogP contribution in [0.25, 0.3) is 34.8 Å². The first kappa shape index (κ1) is 25.9. The van der Waals surface area contributed by atoms with E-state index in [1.54, 1.807) is 6.20 Å². The highest BCUT2D eigenvalue weighted by molar-refractivity contribution is 5.88. The van der Waals surface area contributed by atoms with Crippen LogP contribution in [0.2, 0.25) is 0 Å². The number of H-pyrrole nitrogens is 1. The lowest BCUT2D eigenvalue weighted by molar-refractivity contribution is -0.149. The Kier molecular flexibility index (Phi) is 6.19. The predicted octanol–water partition coefficient (Wildman–Crippen LogP) is 2.56. The molecule has 4 aromatic rings. The number of nitrogens with one attached hydrogen (secondary N) is 1. The number of rotatable bonds is 7. The summed E-state index contributed by atoms with van der Waals surface area (Å²) >= 11 is 0. The predicted molar refractivity (Wildman–Crippen MR) is 156 cm³/mol. The quantitative estimate of drug-likeness (QED) is 0.355. The zero-order valence-electron chi connectivity index (χ0n) is 23.4. The first-order valence-electron chi connectivity index (χ1n) is 14.4. The number of aromatic amines is 1. The summed E-state index contributed by atoms with van der Waals surface area (Å²) in [7, 11) is 0. The number of fused-ring (bicyclic) bond motifs is 1. The third kappa shape index (κ3) is 4.50. The third-order valence-electron chi connectivity index (χ3n) is 9.23. The van der Waals surface area contributed by atoms with Gasteiger partial charge >= 0.3 is 0 Å². The van der Waals surface area contributed by atoms with Gasteiger partial charge in [0, 0.05) is 65.6 Å². The summed E-state index contributed by atoms with van der Waals surface area (Å²) in [6.45, 7) is 14.3. The van der Waals surface area contributed by atoms with Crippen LogP contribution in [0.4, 0.5) is 4.39 Å². The van der Waals surface area contributed by atoms with Gasteiger partial charge in [-0.1, -0.05) is 19.2 Å². The van der Waals surface area contributed by atoms with Gasteiger partial charge < -0.3 is 4.90 Å². The topological polar surface area (TPSA) is 87.9 Å². The Morgan fingerprint density at radius 3 is 2.78 bits per heavy atom. The van der Waals surface area contributed by atoms with Crippen molar-refractivity contribution in [3.8, 4) is 11.3 Å². The minimum absolute atomic E-state index is 0.0146. The lowest BCUT2D eigenvalue weighted by Gasteiger charge is -2.58. The molecule has 3 aliphatic rings. The standard InChI is InChI=1S/C31H35FN8O/c1-4-29(41)38-18-31(19-38)13-26(14-31)40-21(3)27(12-23-15-33-35-20(23)2)30(36-40)22-5-6-28-24(11-22)16-34-39(28)10-9-37-8-7-25(32)17-37/h4-6,11-12,15-16,25-26,35H,1-2,7-10,13-14,17-19H2,3H3/b23-12+. The minimum Gasteiger partial charge on any atom is -0.338 e. The summed E-state index contributed by atoms with van der Waals surface area (Å²) in [6, 6.07) is 6.68. The van der Waals surface area contributed by atoms with E-state index in [0.717, 1.165) is 89.6 Å². The average molecular weight is 555 g/mol. The number of hydrogen-bond donors (Lipinski definition) is 1. The van der Waals surface area contributed by atoms with Gasteiger partial charge in [0.15, 0.2) is 0 Å². The minimum atomic E-state index is -0.710. The molecule has 1 aliphatic carbocycles. The molecule has 10 heteroatoms. The van der Waals surface area contributed by atoms with E-state index in [0.29, 0.717) is 19.0 Å². The molecular formula is C31H35FN8O. The fourth-order valence-corrected chi connectivity index (χ4v) is 6.93. The van der Waals surface area contributed by atoms with E-state index in [1.807, 2.05) is 15.8 Å². The molecule has 2 saturated heterocycles. The molecule has 1 unspecified atom stereocenters. The highest BCUT2D eigenvalue weighted by atomic mass is 19.1. The Labute approximate surface area is 237 Å². The summed E-state index contributed by atoms with van der Waals surface area (Å²) < 4.78 is 17.8. The number of carbonyl (C=O) groups excluding carboxylic acids is 1. The lowest BCUT2D eigenvalue weighted by Crippen LogP contribution is -2.63. The fourth-order valence-electron chi connectivity index (χ4n) is 6.93. The molecule has 1 saturated carbocycles. The van der Waals surface area contributed by atoms with Crippen molar-refractivity contribution in [1.82, 2.24) is 39.6 Å². The second-order valence-corrected chi connectivity index (χ2v) is 12.0. The monoisotopic (exact) mass is 554 g/mol. The van der Waals surface area contributed by atoms with E-state index in [1.165, 1.54) is 6.08 Å². The number of benzene rings is 1. The first-order valence-corrected chi connectivity index (χ1v) is 14.4. The van der Waals surface area contributed by atoms with Crippen molar-refractivity contribution in [2.75, 3.05) is 32.7 Å². The summed E-state index contributed by atoms with van der Waals surface area (Å²) in [6.07, 6.45) is 9.14. The normalized spacial score (nSPS) is 21.1. The van der Waals surface area contributed by atoms with Gasteiger partial charge in [0.1, 0.15) is 6.17 Å². The Morgan fingerprint density at radius 2 is 2.07 bits per heavy atom. The van der Waals surface area contributed by atoms with Crippen molar-refractivity contribution in [1.29, 1.82) is 0 Å². The van der Waals surface area contributed by atoms with Crippen LogP contribution in [0.15, 0.2) is 43.2 Å². The van der Waals surface area contributed by atoms with Crippen LogP contribution < -0.4 is 10.6 Å². The molecule has 2 aliphatic heterocycles. The van der Waals surface area contributed by atoms with Crippen LogP contribution in [0, 0.1) is 12.3 Å². The van der Waals surface area contributed by atoms with Crippen molar-refractivity contribution in [3.63, 3.8) is 0 Å². The van der Waals surface area contributed by atoms with Crippen LogP contribution in [-0.2, 0) is 11.3 Å². The largest absolute Gasteiger partial charge is 0.338 e. The van der Waals surface area contributed by atoms with Gasteiger partial charge in [0.25, 0.3) is 0 Å². The molecule has 5 heterocycles. The van der Waals surface area contributed by atoms with Crippen molar-refractivity contribution in [2.24, 2.45) is 5.41 Å². The molecule has 212 valence electrons. The smallest absolute Gasteiger partial charge is 0.245 e. The molecule has 1 amide bonds. The molecule has 1 atom stereocenters. The molecule has 1 N–H and O–H groups in total. The molecule has 0 radical (unpaired) electrons. The van der Waals surface area contributed by atoms with Gasteiger partial charge in [-0.05, 0) is 50.5 Å². The number of halogens is 1. The molecular weight excluding hydrogens is 519 g/mol. The van der Waals surface area contributed by atoms with Gasteiger partial charge in [0.05, 0.1) is 41.5 Å². The molecule has 1 spiro atoms. The highest BCUT2D eigenvalue weighted by Gasteiger charge is 2.54. The summed E-state index contributed by atoms with van der Waals surface area (Å²) in [4.78, 5) is 16.0. The van der Waals surface area contributed by atoms with Crippen LogP contribution >= 0.6 is 0 Å². The van der Waals surface area contributed by atoms with E-state index >= 15 is 0 Å². The summed E-state index contributed by atoms with van der Waals surface area (Å²) in [5, 5.41) is 19.7. The summed E-state index contributed by atoms with van der Waals surface area (Å²) in [5.74, 6) is 0.0146. The molecule has 1 aromatic carbocycles. The number of nitrogens with zero attached hydrogens (tertiary/aromatic N) is 7. The van der Waals surface area contributed by atoms with Crippen LogP contribution in [0.3, 0.4) is 0 Å². The van der Waals surface area contributed by atoms with Crippen molar-refractivity contribution < 1.29 is 9.18 Å². The maximum absolute atomic E-state index is 13.6. The van der Waals surface area contributed by atoms with E-state index < -0.39 is 6.17 Å². The molecule has 3 fully saturated rings. The van der Waals surface area contributed by atoms with Crippen LogP contribution in [0.5, 0.6) is 0 Å². The zero-order chi connectivity index (χ0) is 28.3. The second-order valence-electron chi connectivity index (χ2n) is 12.0. The molecule has 7 rings (SSSR count). The highest BCUT2D eigenvalue weighted by Crippen LogP contribution is 2.54. The number of alkyl halides is 1. The van der Waals surface area contributed by atoms with Gasteiger partial charge in [-0.2, -0.15) is 15.3 Å². The Bertz CT molecular complexity index is 1750. The zero-order valence-corrected chi connectivity index (χ0v) is 23.4. The molecule has 0 bridgehead atoms. The SMILES string of the molecule is C=CC(=O)N1CC2(CC(n3nc(-c4ccc5c(cnn5CCN5CCC(F)C5)c4)c(/C=c4\cn[nH]c4=C)c3C)C2)C1. The van der Waals surface area contributed by atoms with Crippen molar-refractivity contribution in [3.05, 3.63) is 65.1 Å². The van der Waals surface area contributed by atoms with E-state index in [9.17, 15) is 9.18 Å². The van der Waals surface area contributed by atoms with Crippen molar-refractivity contribution >= 4 is 29.5 Å². The number of likely N-dealkylation sites (tertiary alicyclic amines) is 2. The van der Waals surface area contributed by atoms with E-state index in [2.05, 4.69) is 69.2 Å². The van der Waals surface area contributed by atoms with E-state index in [4.69, 9.17) is 5.10 Å². The number of amides is 1. The first-order chi connectivity index (χ1) is 19.8. The molecule has 3 aromatic heterocycles. The Balaban J connectivity index is 1.18.